The van der Waals surface area contributed by atoms with Crippen molar-refractivity contribution in [1.29, 1.82) is 5.26 Å². The van der Waals surface area contributed by atoms with E-state index < -0.39 is 0 Å². The molecule has 5 nitrogen and oxygen atoms in total. The largest absolute Gasteiger partial charge is 0.303 e. The fourth-order valence-electron chi connectivity index (χ4n) is 5.20. The number of benzene rings is 3. The summed E-state index contributed by atoms with van der Waals surface area (Å²) in [5.74, 6) is 0.898. The molecule has 0 radical (unpaired) electrons. The van der Waals surface area contributed by atoms with Gasteiger partial charge in [-0.1, -0.05) is 70.7 Å². The third-order valence-electron chi connectivity index (χ3n) is 6.94. The fourth-order valence-corrected chi connectivity index (χ4v) is 6.14. The van der Waals surface area contributed by atoms with Crippen LogP contribution >= 0.6 is 46.4 Å². The van der Waals surface area contributed by atoms with Gasteiger partial charge in [0.25, 0.3) is 0 Å². The van der Waals surface area contributed by atoms with E-state index in [-0.39, 0.29) is 0 Å². The fraction of sp³-hybridized carbons (Fsp3) is 0.172. The van der Waals surface area contributed by atoms with Gasteiger partial charge in [-0.15, -0.1) is 0 Å². The number of aromatic nitrogens is 2. The van der Waals surface area contributed by atoms with E-state index in [4.69, 9.17) is 51.4 Å². The topological polar surface area (TPSA) is 56.4 Å². The summed E-state index contributed by atoms with van der Waals surface area (Å²) in [6.45, 7) is 0.940. The lowest BCUT2D eigenvalue weighted by atomic mass is 10.1. The molecule has 0 saturated heterocycles. The SMILES string of the molecule is N#Cc1c2c(c(NN(Cc3ccc(Cl)cc3Cl)Cc3ccc(Cl)cc3Cl)n3c1nc1ccccc13)CCC2. The molecule has 9 heteroatoms. The maximum atomic E-state index is 10.1. The second-order valence-electron chi connectivity index (χ2n) is 9.34. The first-order chi connectivity index (χ1) is 18.4. The second kappa shape index (κ2) is 10.3. The van der Waals surface area contributed by atoms with Crippen LogP contribution < -0.4 is 5.43 Å². The Hall–Kier alpha value is -2.98. The molecule has 2 heterocycles. The Balaban J connectivity index is 1.52. The van der Waals surface area contributed by atoms with Gasteiger partial charge in [0.2, 0.25) is 0 Å². The van der Waals surface area contributed by atoms with Crippen molar-refractivity contribution in [3.8, 4) is 6.07 Å². The van der Waals surface area contributed by atoms with Crippen LogP contribution in [0.25, 0.3) is 16.7 Å². The van der Waals surface area contributed by atoms with Gasteiger partial charge in [-0.2, -0.15) is 5.26 Å². The second-order valence-corrected chi connectivity index (χ2v) is 11.0. The quantitative estimate of drug-likeness (QED) is 0.205. The number of fused-ring (bicyclic) bond motifs is 4. The van der Waals surface area contributed by atoms with Crippen LogP contribution in [-0.2, 0) is 25.9 Å². The van der Waals surface area contributed by atoms with Gasteiger partial charge in [-0.25, -0.2) is 9.99 Å². The van der Waals surface area contributed by atoms with Crippen molar-refractivity contribution in [3.05, 3.63) is 109 Å². The van der Waals surface area contributed by atoms with Crippen LogP contribution in [-0.4, -0.2) is 14.4 Å². The minimum absolute atomic E-state index is 0.470. The molecule has 1 aliphatic rings. The van der Waals surface area contributed by atoms with E-state index in [0.29, 0.717) is 44.4 Å². The molecule has 0 unspecified atom stereocenters. The smallest absolute Gasteiger partial charge is 0.157 e. The Kier molecular flexibility index (Phi) is 6.86. The number of hydrazine groups is 1. The van der Waals surface area contributed by atoms with Gasteiger partial charge in [0.05, 0.1) is 16.6 Å². The van der Waals surface area contributed by atoms with Crippen LogP contribution in [0.15, 0.2) is 60.7 Å². The highest BCUT2D eigenvalue weighted by molar-refractivity contribution is 6.35. The van der Waals surface area contributed by atoms with Crippen LogP contribution in [0.4, 0.5) is 5.82 Å². The summed E-state index contributed by atoms with van der Waals surface area (Å²) in [5.41, 5.74) is 10.8. The highest BCUT2D eigenvalue weighted by Crippen LogP contribution is 2.37. The van der Waals surface area contributed by atoms with E-state index in [2.05, 4.69) is 20.9 Å². The van der Waals surface area contributed by atoms with E-state index in [1.807, 2.05) is 48.5 Å². The molecule has 3 aromatic carbocycles. The Bertz CT molecular complexity index is 1700. The van der Waals surface area contributed by atoms with E-state index in [1.165, 1.54) is 0 Å². The van der Waals surface area contributed by atoms with Crippen LogP contribution in [0.5, 0.6) is 0 Å². The van der Waals surface area contributed by atoms with Crippen molar-refractivity contribution in [2.45, 2.75) is 32.4 Å². The van der Waals surface area contributed by atoms with E-state index in [0.717, 1.165) is 58.4 Å². The van der Waals surface area contributed by atoms with Crippen LogP contribution in [0.3, 0.4) is 0 Å². The van der Waals surface area contributed by atoms with Crippen LogP contribution in [0, 0.1) is 11.3 Å². The van der Waals surface area contributed by atoms with Gasteiger partial charge in [0.1, 0.15) is 11.9 Å². The van der Waals surface area contributed by atoms with Gasteiger partial charge < -0.3 is 5.43 Å². The number of hydrogen-bond acceptors (Lipinski definition) is 4. The summed E-state index contributed by atoms with van der Waals surface area (Å²) in [6.07, 6.45) is 2.69. The first-order valence-electron chi connectivity index (χ1n) is 12.2. The van der Waals surface area contributed by atoms with E-state index >= 15 is 0 Å². The Labute approximate surface area is 240 Å². The Morgan fingerprint density at radius 3 is 2.13 bits per heavy atom. The number of hydrogen-bond donors (Lipinski definition) is 1. The molecule has 0 spiro atoms. The Morgan fingerprint density at radius 2 is 1.50 bits per heavy atom. The number of para-hydroxylation sites is 2. The van der Waals surface area contributed by atoms with Crippen molar-refractivity contribution < 1.29 is 0 Å². The lowest BCUT2D eigenvalue weighted by molar-refractivity contribution is 0.311. The monoisotopic (exact) mass is 579 g/mol. The summed E-state index contributed by atoms with van der Waals surface area (Å²) in [5, 5.41) is 14.5. The number of imidazole rings is 1. The molecule has 1 aliphatic carbocycles. The lowest BCUT2D eigenvalue weighted by Gasteiger charge is -2.28. The average Bonchev–Trinajstić information content (AvgIpc) is 3.52. The highest BCUT2D eigenvalue weighted by atomic mass is 35.5. The third kappa shape index (κ3) is 4.58. The number of halogens is 4. The van der Waals surface area contributed by atoms with Gasteiger partial charge >= 0.3 is 0 Å². The van der Waals surface area contributed by atoms with Crippen molar-refractivity contribution in [1.82, 2.24) is 14.4 Å². The predicted molar refractivity (Wildman–Crippen MR) is 155 cm³/mol. The lowest BCUT2D eigenvalue weighted by Crippen LogP contribution is -2.31. The van der Waals surface area contributed by atoms with Gasteiger partial charge in [0.15, 0.2) is 5.65 Å². The summed E-state index contributed by atoms with van der Waals surface area (Å²) in [4.78, 5) is 4.86. The third-order valence-corrected chi connectivity index (χ3v) is 8.12. The minimum Gasteiger partial charge on any atom is -0.303 e. The number of pyridine rings is 1. The molecule has 0 bridgehead atoms. The first kappa shape index (κ1) is 25.3. The molecule has 5 aromatic rings. The van der Waals surface area contributed by atoms with E-state index in [1.54, 1.807) is 12.1 Å². The molecule has 0 atom stereocenters. The molecule has 0 saturated carbocycles. The standard InChI is InChI=1S/C29H21Cl4N5/c30-19-10-8-17(24(32)12-19)15-37(16-18-9-11-20(31)13-25(18)33)36-29-22-5-3-4-21(22)23(14-34)28-35-26-6-1-2-7-27(26)38(28)29/h1-2,6-13,36H,3-5,15-16H2. The number of rotatable bonds is 6. The van der Waals surface area contributed by atoms with Crippen LogP contribution in [0.2, 0.25) is 20.1 Å². The van der Waals surface area contributed by atoms with Gasteiger partial charge in [0, 0.05) is 33.2 Å². The number of nitrogens with one attached hydrogen (secondary N) is 1. The summed E-state index contributed by atoms with van der Waals surface area (Å²) < 4.78 is 2.07. The molecule has 2 aromatic heterocycles. The minimum atomic E-state index is 0.470. The zero-order valence-electron chi connectivity index (χ0n) is 20.1. The molecule has 0 fully saturated rings. The molecule has 190 valence electrons. The van der Waals surface area contributed by atoms with Crippen LogP contribution in [0.1, 0.15) is 34.2 Å². The zero-order valence-corrected chi connectivity index (χ0v) is 23.1. The van der Waals surface area contributed by atoms with Crippen molar-refractivity contribution >= 4 is 68.9 Å². The first-order valence-corrected chi connectivity index (χ1v) is 13.7. The van der Waals surface area contributed by atoms with Crippen molar-refractivity contribution in [2.75, 3.05) is 5.43 Å². The summed E-state index contributed by atoms with van der Waals surface area (Å²) in [7, 11) is 0. The summed E-state index contributed by atoms with van der Waals surface area (Å²) >= 11 is 25.5. The van der Waals surface area contributed by atoms with Gasteiger partial charge in [-0.05, 0) is 77.9 Å². The number of nitrogens with zero attached hydrogens (tertiary/aromatic N) is 4. The number of anilines is 1. The van der Waals surface area contributed by atoms with Crippen molar-refractivity contribution in [3.63, 3.8) is 0 Å². The Morgan fingerprint density at radius 1 is 0.868 bits per heavy atom. The highest BCUT2D eigenvalue weighted by Gasteiger charge is 2.27. The van der Waals surface area contributed by atoms with Gasteiger partial charge in [-0.3, -0.25) is 4.40 Å². The van der Waals surface area contributed by atoms with Crippen molar-refractivity contribution in [2.24, 2.45) is 0 Å². The molecule has 6 rings (SSSR count). The zero-order chi connectivity index (χ0) is 26.4. The molecule has 0 amide bonds. The normalized spacial score (nSPS) is 12.8. The molecular formula is C29H21Cl4N5. The average molecular weight is 581 g/mol. The maximum absolute atomic E-state index is 10.1. The predicted octanol–water partition coefficient (Wildman–Crippen LogP) is 8.49. The molecule has 1 N–H and O–H groups in total. The molecular weight excluding hydrogens is 560 g/mol. The van der Waals surface area contributed by atoms with E-state index in [9.17, 15) is 5.26 Å². The summed E-state index contributed by atoms with van der Waals surface area (Å²) in [6, 6.07) is 21.4. The molecule has 38 heavy (non-hydrogen) atoms. The number of nitriles is 1. The molecule has 0 aliphatic heterocycles. The maximum Gasteiger partial charge on any atom is 0.157 e.